The first-order chi connectivity index (χ1) is 6.72. The van der Waals surface area contributed by atoms with E-state index in [0.29, 0.717) is 5.16 Å². The lowest BCUT2D eigenvalue weighted by molar-refractivity contribution is 0.210. The van der Waals surface area contributed by atoms with Crippen molar-refractivity contribution < 1.29 is 5.11 Å². The Kier molecular flexibility index (Phi) is 4.11. The number of nitrogens with two attached hydrogens (primary N) is 1. The Labute approximate surface area is 90.9 Å². The van der Waals surface area contributed by atoms with Gasteiger partial charge in [-0.1, -0.05) is 24.0 Å². The van der Waals surface area contributed by atoms with Crippen LogP contribution in [0.4, 0.5) is 5.95 Å². The Morgan fingerprint density at radius 1 is 1.86 bits per heavy atom. The van der Waals surface area contributed by atoms with Crippen LogP contribution in [0.15, 0.2) is 5.16 Å². The first-order valence-corrected chi connectivity index (χ1v) is 5.49. The maximum Gasteiger partial charge on any atom is 0.221 e. The van der Waals surface area contributed by atoms with Crippen LogP contribution in [0.3, 0.4) is 0 Å². The van der Waals surface area contributed by atoms with E-state index in [-0.39, 0.29) is 12.6 Å². The van der Waals surface area contributed by atoms with Crippen molar-refractivity contribution in [3.63, 3.8) is 0 Å². The lowest BCUT2D eigenvalue weighted by atomic mass is 10.5. The molecule has 0 bridgehead atoms. The van der Waals surface area contributed by atoms with Crippen LogP contribution in [0.2, 0.25) is 0 Å². The monoisotopic (exact) mass is 233 g/mol. The van der Waals surface area contributed by atoms with Crippen LogP contribution in [0.5, 0.6) is 0 Å². The fourth-order valence-electron chi connectivity index (χ4n) is 0.910. The van der Waals surface area contributed by atoms with Crippen LogP contribution in [-0.4, -0.2) is 38.2 Å². The Morgan fingerprint density at radius 3 is 3.00 bits per heavy atom. The number of aromatic nitrogens is 3. The van der Waals surface area contributed by atoms with E-state index in [0.717, 1.165) is 0 Å². The van der Waals surface area contributed by atoms with Crippen LogP contribution in [0, 0.1) is 0 Å². The average molecular weight is 233 g/mol. The number of nitrogens with zero attached hydrogens (tertiary/aromatic N) is 3. The maximum absolute atomic E-state index is 9.04. The van der Waals surface area contributed by atoms with Crippen LogP contribution >= 0.6 is 24.0 Å². The number of thioether (sulfide) groups is 1. The van der Waals surface area contributed by atoms with Gasteiger partial charge in [0.15, 0.2) is 0 Å². The standard InChI is InChI=1S/C6H11N5OS2/c1-14-6-9-5(7)11(10-6)4(2-12)8-3-13/h3-4,12H,2H2,1H3,(H,8,13)(H2,7,9,10). The Hall–Kier alpha value is -0.860. The first kappa shape index (κ1) is 11.2. The molecule has 1 atom stereocenters. The molecule has 1 rings (SSSR count). The Bertz CT molecular complexity index is 315. The highest BCUT2D eigenvalue weighted by Gasteiger charge is 2.14. The minimum atomic E-state index is -0.458. The smallest absolute Gasteiger partial charge is 0.221 e. The molecule has 0 aliphatic heterocycles. The SMILES string of the molecule is CSc1nc(N)n(C(CO)NC=S)n1. The molecule has 1 aromatic heterocycles. The predicted octanol–water partition coefficient (Wildman–Crippen LogP) is -0.380. The van der Waals surface area contributed by atoms with Gasteiger partial charge in [0.2, 0.25) is 11.1 Å². The highest BCUT2D eigenvalue weighted by molar-refractivity contribution is 7.98. The van der Waals surface area contributed by atoms with E-state index in [1.807, 2.05) is 6.26 Å². The van der Waals surface area contributed by atoms with Gasteiger partial charge in [-0.05, 0) is 6.26 Å². The van der Waals surface area contributed by atoms with Crippen molar-refractivity contribution in [1.29, 1.82) is 0 Å². The number of aliphatic hydroxyl groups is 1. The average Bonchev–Trinajstić information content (AvgIpc) is 2.56. The number of aliphatic hydroxyl groups excluding tert-OH is 1. The topological polar surface area (TPSA) is 89.0 Å². The third-order valence-corrected chi connectivity index (χ3v) is 2.22. The zero-order valence-electron chi connectivity index (χ0n) is 7.54. The highest BCUT2D eigenvalue weighted by atomic mass is 32.2. The summed E-state index contributed by atoms with van der Waals surface area (Å²) >= 11 is 6.00. The number of rotatable bonds is 5. The molecule has 1 heterocycles. The van der Waals surface area contributed by atoms with Crippen molar-refractivity contribution in [3.8, 4) is 0 Å². The summed E-state index contributed by atoms with van der Waals surface area (Å²) in [6, 6.07) is 0. The number of nitrogens with one attached hydrogen (secondary N) is 1. The minimum absolute atomic E-state index is 0.158. The van der Waals surface area contributed by atoms with E-state index in [1.54, 1.807) is 0 Å². The molecular formula is C6H11N5OS2. The third-order valence-electron chi connectivity index (χ3n) is 1.55. The summed E-state index contributed by atoms with van der Waals surface area (Å²) < 4.78 is 1.40. The Morgan fingerprint density at radius 2 is 2.57 bits per heavy atom. The van der Waals surface area contributed by atoms with Gasteiger partial charge in [0.25, 0.3) is 0 Å². The highest BCUT2D eigenvalue weighted by Crippen LogP contribution is 2.13. The summed E-state index contributed by atoms with van der Waals surface area (Å²) in [5.74, 6) is 0.248. The van der Waals surface area contributed by atoms with E-state index in [9.17, 15) is 0 Å². The van der Waals surface area contributed by atoms with Gasteiger partial charge in [-0.15, -0.1) is 5.10 Å². The van der Waals surface area contributed by atoms with Crippen molar-refractivity contribution in [3.05, 3.63) is 0 Å². The third kappa shape index (κ3) is 2.34. The molecule has 14 heavy (non-hydrogen) atoms. The quantitative estimate of drug-likeness (QED) is 0.472. The molecule has 0 aromatic carbocycles. The minimum Gasteiger partial charge on any atom is -0.392 e. The molecule has 0 saturated heterocycles. The number of hydrogen-bond donors (Lipinski definition) is 3. The molecular weight excluding hydrogens is 222 g/mol. The second-order valence-corrected chi connectivity index (χ2v) is 3.39. The normalized spacial score (nSPS) is 12.4. The van der Waals surface area contributed by atoms with E-state index >= 15 is 0 Å². The van der Waals surface area contributed by atoms with Crippen LogP contribution < -0.4 is 11.1 Å². The van der Waals surface area contributed by atoms with Crippen molar-refractivity contribution in [2.75, 3.05) is 18.6 Å². The van der Waals surface area contributed by atoms with Crippen molar-refractivity contribution in [2.45, 2.75) is 11.3 Å². The fraction of sp³-hybridized carbons (Fsp3) is 0.500. The van der Waals surface area contributed by atoms with Gasteiger partial charge in [-0.2, -0.15) is 4.98 Å². The van der Waals surface area contributed by atoms with Crippen LogP contribution in [-0.2, 0) is 0 Å². The number of hydrogen-bond acceptors (Lipinski definition) is 6. The molecule has 8 heteroatoms. The lowest BCUT2D eigenvalue weighted by Gasteiger charge is -2.14. The molecule has 1 aromatic rings. The summed E-state index contributed by atoms with van der Waals surface area (Å²) in [5, 5.41) is 16.4. The summed E-state index contributed by atoms with van der Waals surface area (Å²) in [4.78, 5) is 3.97. The molecule has 6 nitrogen and oxygen atoms in total. The van der Waals surface area contributed by atoms with Crippen molar-refractivity contribution >= 4 is 35.4 Å². The summed E-state index contributed by atoms with van der Waals surface area (Å²) in [6.07, 6.45) is 1.39. The molecule has 0 spiro atoms. The van der Waals surface area contributed by atoms with Gasteiger partial charge < -0.3 is 16.2 Å². The molecule has 0 saturated carbocycles. The number of thiocarbonyl (C=S) groups is 1. The molecule has 0 aliphatic carbocycles. The molecule has 0 amide bonds. The van der Waals surface area contributed by atoms with E-state index in [4.69, 9.17) is 10.8 Å². The molecule has 4 N–H and O–H groups in total. The largest absolute Gasteiger partial charge is 0.392 e. The van der Waals surface area contributed by atoms with Gasteiger partial charge >= 0.3 is 0 Å². The second kappa shape index (κ2) is 5.13. The Balaban J connectivity index is 2.90. The first-order valence-electron chi connectivity index (χ1n) is 3.79. The molecule has 1 unspecified atom stereocenters. The zero-order valence-corrected chi connectivity index (χ0v) is 9.18. The van der Waals surface area contributed by atoms with Crippen LogP contribution in [0.25, 0.3) is 0 Å². The second-order valence-electron chi connectivity index (χ2n) is 2.38. The van der Waals surface area contributed by atoms with Gasteiger partial charge in [0.1, 0.15) is 6.17 Å². The number of nitrogen functional groups attached to an aromatic ring is 1. The van der Waals surface area contributed by atoms with Crippen LogP contribution in [0.1, 0.15) is 6.17 Å². The maximum atomic E-state index is 9.04. The van der Waals surface area contributed by atoms with Gasteiger partial charge in [0, 0.05) is 0 Å². The molecule has 78 valence electrons. The molecule has 0 fully saturated rings. The van der Waals surface area contributed by atoms with Gasteiger partial charge in [0.05, 0.1) is 12.1 Å². The van der Waals surface area contributed by atoms with E-state index in [2.05, 4.69) is 27.6 Å². The number of anilines is 1. The van der Waals surface area contributed by atoms with Gasteiger partial charge in [-0.3, -0.25) is 0 Å². The van der Waals surface area contributed by atoms with Crippen molar-refractivity contribution in [1.82, 2.24) is 20.1 Å². The summed E-state index contributed by atoms with van der Waals surface area (Å²) in [7, 11) is 0. The predicted molar refractivity (Wildman–Crippen MR) is 59.1 cm³/mol. The molecule has 0 radical (unpaired) electrons. The van der Waals surface area contributed by atoms with E-state index in [1.165, 1.54) is 21.9 Å². The van der Waals surface area contributed by atoms with Gasteiger partial charge in [-0.25, -0.2) is 4.68 Å². The summed E-state index contributed by atoms with van der Waals surface area (Å²) in [5.41, 5.74) is 6.91. The lowest BCUT2D eigenvalue weighted by Crippen LogP contribution is -2.29. The fourth-order valence-corrected chi connectivity index (χ4v) is 1.42. The van der Waals surface area contributed by atoms with E-state index < -0.39 is 6.17 Å². The zero-order chi connectivity index (χ0) is 10.6. The van der Waals surface area contributed by atoms with Crippen molar-refractivity contribution in [2.24, 2.45) is 0 Å². The molecule has 0 aliphatic rings. The summed E-state index contributed by atoms with van der Waals surface area (Å²) in [6.45, 7) is -0.158.